The van der Waals surface area contributed by atoms with Crippen LogP contribution >= 0.6 is 0 Å². The van der Waals surface area contributed by atoms with Crippen LogP contribution in [0.25, 0.3) is 0 Å². The van der Waals surface area contributed by atoms with Crippen LogP contribution in [-0.2, 0) is 14.2 Å². The Morgan fingerprint density at radius 3 is 1.73 bits per heavy atom. The maximum Gasteiger partial charge on any atom is 0.462 e. The van der Waals surface area contributed by atoms with Crippen LogP contribution in [0.4, 0.5) is 61.5 Å². The van der Waals surface area contributed by atoms with Gasteiger partial charge in [-0.05, 0) is 19.8 Å². The third-order valence-corrected chi connectivity index (χ3v) is 3.67. The number of ether oxygens (including phenoxy) is 3. The second-order valence-corrected chi connectivity index (χ2v) is 6.41. The molecule has 0 saturated heterocycles. The van der Waals surface area contributed by atoms with Crippen molar-refractivity contribution < 1.29 is 75.7 Å². The summed E-state index contributed by atoms with van der Waals surface area (Å²) < 4.78 is 190. The summed E-state index contributed by atoms with van der Waals surface area (Å²) in [5, 5.41) is 0. The molecule has 33 heavy (non-hydrogen) atoms. The molecule has 0 unspecified atom stereocenters. The highest BCUT2D eigenvalue weighted by Gasteiger charge is 2.81. The summed E-state index contributed by atoms with van der Waals surface area (Å²) in [6.45, 7) is -1.98. The third kappa shape index (κ3) is 8.03. The van der Waals surface area contributed by atoms with Crippen LogP contribution in [0.2, 0.25) is 0 Å². The molecule has 1 atom stereocenters. The quantitative estimate of drug-likeness (QED) is 0.135. The van der Waals surface area contributed by atoms with E-state index >= 15 is 0 Å². The minimum atomic E-state index is -7.42. The predicted molar refractivity (Wildman–Crippen MR) is 82.2 cm³/mol. The molecule has 0 fully saturated rings. The molecular formula is C16H18F14O3. The lowest BCUT2D eigenvalue weighted by atomic mass is 10.1. The summed E-state index contributed by atoms with van der Waals surface area (Å²) in [6, 6.07) is 0. The van der Waals surface area contributed by atoms with E-state index in [2.05, 4.69) is 4.74 Å². The zero-order chi connectivity index (χ0) is 26.4. The first-order chi connectivity index (χ1) is 14.7. The molecule has 17 heteroatoms. The maximum atomic E-state index is 13.4. The largest absolute Gasteiger partial charge is 0.501 e. The Labute approximate surface area is 177 Å². The van der Waals surface area contributed by atoms with Gasteiger partial charge in [-0.2, -0.15) is 57.1 Å². The standard InChI is InChI=1S/C16H18F14O3/c1-2-6-31-8-5-10(17)4-3-7-32-9-11(18,19)12(20,21)15(27,28)33-16(29,30)13(22,23)14(24,25)26/h2,6,10H,3-5,7-9H2,1H3/t10-/m0/s1. The first-order valence-electron chi connectivity index (χ1n) is 8.77. The normalized spacial score (nSPS) is 15.8. The van der Waals surface area contributed by atoms with Crippen molar-refractivity contribution >= 4 is 0 Å². The first-order valence-corrected chi connectivity index (χ1v) is 8.77. The van der Waals surface area contributed by atoms with E-state index in [1.807, 2.05) is 0 Å². The average molecular weight is 524 g/mol. The smallest absolute Gasteiger partial charge is 0.462 e. The van der Waals surface area contributed by atoms with E-state index in [4.69, 9.17) is 4.74 Å². The van der Waals surface area contributed by atoms with Gasteiger partial charge in [-0.25, -0.2) is 9.13 Å². The molecule has 0 aromatic rings. The fourth-order valence-electron chi connectivity index (χ4n) is 1.87. The fourth-order valence-corrected chi connectivity index (χ4v) is 1.87. The highest BCUT2D eigenvalue weighted by atomic mass is 19.4. The highest BCUT2D eigenvalue weighted by Crippen LogP contribution is 2.53. The van der Waals surface area contributed by atoms with E-state index in [0.29, 0.717) is 0 Å². The molecule has 0 aromatic heterocycles. The lowest BCUT2D eigenvalue weighted by Gasteiger charge is -2.35. The minimum Gasteiger partial charge on any atom is -0.501 e. The van der Waals surface area contributed by atoms with Gasteiger partial charge in [0.15, 0.2) is 0 Å². The zero-order valence-electron chi connectivity index (χ0n) is 16.5. The third-order valence-electron chi connectivity index (χ3n) is 3.67. The second-order valence-electron chi connectivity index (χ2n) is 6.41. The highest BCUT2D eigenvalue weighted by molar-refractivity contribution is 4.94. The van der Waals surface area contributed by atoms with E-state index in [9.17, 15) is 61.5 Å². The molecule has 0 saturated carbocycles. The van der Waals surface area contributed by atoms with Crippen molar-refractivity contribution in [3.8, 4) is 0 Å². The van der Waals surface area contributed by atoms with Gasteiger partial charge in [0.1, 0.15) is 12.8 Å². The molecule has 0 aliphatic carbocycles. The summed E-state index contributed by atoms with van der Waals surface area (Å²) in [4.78, 5) is 0. The maximum absolute atomic E-state index is 13.4. The number of rotatable bonds is 15. The predicted octanol–water partition coefficient (Wildman–Crippen LogP) is 6.73. The van der Waals surface area contributed by atoms with Gasteiger partial charge in [0.25, 0.3) is 0 Å². The molecule has 0 aliphatic rings. The zero-order valence-corrected chi connectivity index (χ0v) is 16.5. The lowest BCUT2D eigenvalue weighted by molar-refractivity contribution is -0.509. The van der Waals surface area contributed by atoms with Crippen molar-refractivity contribution in [1.82, 2.24) is 0 Å². The molecule has 0 aromatic carbocycles. The van der Waals surface area contributed by atoms with E-state index in [-0.39, 0.29) is 19.4 Å². The molecule has 3 nitrogen and oxygen atoms in total. The van der Waals surface area contributed by atoms with Gasteiger partial charge in [-0.15, -0.1) is 0 Å². The van der Waals surface area contributed by atoms with Crippen LogP contribution in [0.5, 0.6) is 0 Å². The van der Waals surface area contributed by atoms with Crippen LogP contribution in [0, 0.1) is 0 Å². The summed E-state index contributed by atoms with van der Waals surface area (Å²) in [5.41, 5.74) is 0. The topological polar surface area (TPSA) is 27.7 Å². The van der Waals surface area contributed by atoms with Gasteiger partial charge in [0, 0.05) is 13.0 Å². The van der Waals surface area contributed by atoms with Gasteiger partial charge in [-0.3, -0.25) is 0 Å². The monoisotopic (exact) mass is 524 g/mol. The lowest BCUT2D eigenvalue weighted by Crippen LogP contribution is -2.63. The molecule has 0 bridgehead atoms. The second kappa shape index (κ2) is 11.3. The Kier molecular flexibility index (Phi) is 10.8. The number of hydrogen-bond acceptors (Lipinski definition) is 3. The average Bonchev–Trinajstić information content (AvgIpc) is 2.62. The van der Waals surface area contributed by atoms with Gasteiger partial charge >= 0.3 is 36.2 Å². The Bertz CT molecular complexity index is 618. The Balaban J connectivity index is 4.96. The molecule has 0 N–H and O–H groups in total. The van der Waals surface area contributed by atoms with E-state index in [1.54, 1.807) is 11.7 Å². The summed E-state index contributed by atoms with van der Waals surface area (Å²) in [5.74, 6) is -20.5. The number of allylic oxidation sites excluding steroid dienone is 1. The fraction of sp³-hybridized carbons (Fsp3) is 0.875. The van der Waals surface area contributed by atoms with Crippen LogP contribution in [0.3, 0.4) is 0 Å². The molecule has 198 valence electrons. The number of alkyl halides is 14. The van der Waals surface area contributed by atoms with Gasteiger partial charge < -0.3 is 9.47 Å². The van der Waals surface area contributed by atoms with E-state index in [0.717, 1.165) is 0 Å². The van der Waals surface area contributed by atoms with Crippen molar-refractivity contribution in [2.24, 2.45) is 0 Å². The molecule has 0 radical (unpaired) electrons. The van der Waals surface area contributed by atoms with Gasteiger partial charge in [0.05, 0.1) is 12.9 Å². The van der Waals surface area contributed by atoms with Crippen molar-refractivity contribution in [3.05, 3.63) is 12.3 Å². The molecule has 0 amide bonds. The number of hydrogen-bond donors (Lipinski definition) is 0. The van der Waals surface area contributed by atoms with Crippen LogP contribution in [-0.4, -0.2) is 62.2 Å². The molecule has 0 rings (SSSR count). The minimum absolute atomic E-state index is 0.0657. The van der Waals surface area contributed by atoms with Crippen molar-refractivity contribution in [2.75, 3.05) is 19.8 Å². The molecule has 0 heterocycles. The molecule has 0 spiro atoms. The van der Waals surface area contributed by atoms with Crippen LogP contribution in [0.15, 0.2) is 12.3 Å². The van der Waals surface area contributed by atoms with E-state index in [1.165, 1.54) is 12.3 Å². The summed E-state index contributed by atoms with van der Waals surface area (Å²) >= 11 is 0. The van der Waals surface area contributed by atoms with Gasteiger partial charge in [-0.1, -0.05) is 6.08 Å². The Morgan fingerprint density at radius 2 is 1.24 bits per heavy atom. The molecule has 0 aliphatic heterocycles. The van der Waals surface area contributed by atoms with Crippen molar-refractivity contribution in [3.63, 3.8) is 0 Å². The Hall–Kier alpha value is -1.52. The number of halogens is 14. The summed E-state index contributed by atoms with van der Waals surface area (Å²) in [7, 11) is 0. The van der Waals surface area contributed by atoms with Crippen molar-refractivity contribution in [1.29, 1.82) is 0 Å². The SMILES string of the molecule is CC=COCC[C@@H](F)CCCOCC(F)(F)C(F)(F)C(F)(F)OC(F)(F)C(F)(F)C(F)(F)F. The van der Waals surface area contributed by atoms with Crippen LogP contribution in [0.1, 0.15) is 26.2 Å². The van der Waals surface area contributed by atoms with E-state index < -0.39 is 62.0 Å². The Morgan fingerprint density at radius 1 is 0.727 bits per heavy atom. The summed E-state index contributed by atoms with van der Waals surface area (Å²) in [6.07, 6.45) is -21.5. The van der Waals surface area contributed by atoms with Crippen molar-refractivity contribution in [2.45, 2.75) is 68.5 Å². The van der Waals surface area contributed by atoms with Crippen LogP contribution < -0.4 is 0 Å². The molecular weight excluding hydrogens is 506 g/mol. The van der Waals surface area contributed by atoms with Gasteiger partial charge in [0.2, 0.25) is 0 Å². The first kappa shape index (κ1) is 31.5.